The Morgan fingerprint density at radius 3 is 2.88 bits per heavy atom. The highest BCUT2D eigenvalue weighted by Crippen LogP contribution is 2.23. The Kier molecular flexibility index (Phi) is 3.47. The number of nitrogen functional groups attached to an aromatic ring is 1. The third kappa shape index (κ3) is 3.00. The van der Waals surface area contributed by atoms with Gasteiger partial charge in [0.15, 0.2) is 0 Å². The topological polar surface area (TPSA) is 38.9 Å². The van der Waals surface area contributed by atoms with Crippen LogP contribution in [0.1, 0.15) is 11.3 Å². The van der Waals surface area contributed by atoms with Crippen molar-refractivity contribution in [3.8, 4) is 0 Å². The second-order valence-electron chi connectivity index (χ2n) is 3.69. The lowest BCUT2D eigenvalue weighted by Gasteiger charge is -2.03. The molecule has 2 rings (SSSR count). The number of aryl methyl sites for hydroxylation is 1. The maximum absolute atomic E-state index is 5.70. The normalized spacial score (nSPS) is 10.3. The molecule has 0 amide bonds. The first-order valence-corrected chi connectivity index (χ1v) is 6.12. The molecule has 1 aromatic heterocycles. The zero-order valence-corrected chi connectivity index (χ0v) is 10.00. The summed E-state index contributed by atoms with van der Waals surface area (Å²) in [6, 6.07) is 12.2. The fraction of sp³-hybridized carbons (Fsp3) is 0.154. The maximum Gasteiger partial charge on any atom is 0.0526 e. The van der Waals surface area contributed by atoms with Crippen molar-refractivity contribution in [2.75, 3.05) is 5.73 Å². The largest absolute Gasteiger partial charge is 0.399 e. The molecule has 0 saturated heterocycles. The number of hydrogen-bond donors (Lipinski definition) is 1. The number of hydrogen-bond acceptors (Lipinski definition) is 3. The van der Waals surface area contributed by atoms with Gasteiger partial charge < -0.3 is 5.73 Å². The number of pyridine rings is 1. The summed E-state index contributed by atoms with van der Waals surface area (Å²) >= 11 is 1.78. The van der Waals surface area contributed by atoms with E-state index in [4.69, 9.17) is 5.73 Å². The number of aromatic nitrogens is 1. The van der Waals surface area contributed by atoms with Crippen LogP contribution in [0.2, 0.25) is 0 Å². The standard InChI is InChI=1S/C13H14N2S/c1-10-3-2-4-13(7-10)16-9-12-8-11(14)5-6-15-12/h2-8H,9H2,1H3,(H2,14,15). The lowest BCUT2D eigenvalue weighted by Crippen LogP contribution is -1.90. The predicted molar refractivity (Wildman–Crippen MR) is 69.4 cm³/mol. The summed E-state index contributed by atoms with van der Waals surface area (Å²) in [6.45, 7) is 2.10. The van der Waals surface area contributed by atoms with E-state index in [0.717, 1.165) is 17.1 Å². The van der Waals surface area contributed by atoms with Crippen LogP contribution in [0.4, 0.5) is 5.69 Å². The van der Waals surface area contributed by atoms with Crippen LogP contribution in [0, 0.1) is 6.92 Å². The highest BCUT2D eigenvalue weighted by molar-refractivity contribution is 7.98. The lowest BCUT2D eigenvalue weighted by atomic mass is 10.2. The number of benzene rings is 1. The number of nitrogens with two attached hydrogens (primary N) is 1. The molecule has 0 unspecified atom stereocenters. The minimum absolute atomic E-state index is 0.773. The monoisotopic (exact) mass is 230 g/mol. The first-order chi connectivity index (χ1) is 7.74. The molecule has 2 nitrogen and oxygen atoms in total. The lowest BCUT2D eigenvalue weighted by molar-refractivity contribution is 1.17. The Morgan fingerprint density at radius 1 is 1.25 bits per heavy atom. The number of rotatable bonds is 3. The van der Waals surface area contributed by atoms with Crippen molar-refractivity contribution in [1.82, 2.24) is 4.98 Å². The molecule has 0 aliphatic carbocycles. The van der Waals surface area contributed by atoms with Crippen molar-refractivity contribution in [1.29, 1.82) is 0 Å². The summed E-state index contributed by atoms with van der Waals surface area (Å²) in [5.74, 6) is 0.856. The van der Waals surface area contributed by atoms with Gasteiger partial charge in [0.1, 0.15) is 0 Å². The van der Waals surface area contributed by atoms with E-state index in [1.807, 2.05) is 6.07 Å². The molecule has 0 aliphatic rings. The molecule has 0 atom stereocenters. The van der Waals surface area contributed by atoms with Crippen LogP contribution >= 0.6 is 11.8 Å². The Labute approximate surface area is 99.9 Å². The van der Waals surface area contributed by atoms with Gasteiger partial charge in [-0.25, -0.2) is 0 Å². The van der Waals surface area contributed by atoms with Crippen LogP contribution < -0.4 is 5.73 Å². The highest BCUT2D eigenvalue weighted by atomic mass is 32.2. The van der Waals surface area contributed by atoms with Gasteiger partial charge in [-0.3, -0.25) is 4.98 Å². The average molecular weight is 230 g/mol. The van der Waals surface area contributed by atoms with Crippen molar-refractivity contribution in [3.63, 3.8) is 0 Å². The summed E-state index contributed by atoms with van der Waals surface area (Å²) in [6.07, 6.45) is 1.75. The van der Waals surface area contributed by atoms with Crippen LogP contribution in [0.5, 0.6) is 0 Å². The van der Waals surface area contributed by atoms with Crippen LogP contribution in [0.25, 0.3) is 0 Å². The summed E-state index contributed by atoms with van der Waals surface area (Å²) in [5.41, 5.74) is 8.78. The second-order valence-corrected chi connectivity index (χ2v) is 4.73. The molecule has 0 aliphatic heterocycles. The molecule has 0 spiro atoms. The fourth-order valence-corrected chi connectivity index (χ4v) is 2.35. The Balaban J connectivity index is 2.02. The zero-order valence-electron chi connectivity index (χ0n) is 9.18. The molecule has 0 bridgehead atoms. The number of thioether (sulfide) groups is 1. The smallest absolute Gasteiger partial charge is 0.0526 e. The van der Waals surface area contributed by atoms with Gasteiger partial charge in [0.05, 0.1) is 5.69 Å². The van der Waals surface area contributed by atoms with Gasteiger partial charge in [-0.05, 0) is 31.2 Å². The first-order valence-electron chi connectivity index (χ1n) is 5.14. The van der Waals surface area contributed by atoms with Crippen molar-refractivity contribution in [2.45, 2.75) is 17.6 Å². The predicted octanol–water partition coefficient (Wildman–Crippen LogP) is 3.26. The Bertz CT molecular complexity index is 437. The molecule has 82 valence electrons. The third-order valence-electron chi connectivity index (χ3n) is 2.22. The molecule has 0 saturated carbocycles. The summed E-state index contributed by atoms with van der Waals surface area (Å²) in [7, 11) is 0. The molecule has 0 fully saturated rings. The molecule has 1 heterocycles. The van der Waals surface area contributed by atoms with Crippen molar-refractivity contribution in [2.24, 2.45) is 0 Å². The van der Waals surface area contributed by atoms with Gasteiger partial charge in [0.25, 0.3) is 0 Å². The minimum Gasteiger partial charge on any atom is -0.399 e. The van der Waals surface area contributed by atoms with Gasteiger partial charge in [-0.1, -0.05) is 17.7 Å². The number of anilines is 1. The highest BCUT2D eigenvalue weighted by Gasteiger charge is 1.98. The summed E-state index contributed by atoms with van der Waals surface area (Å²) in [5, 5.41) is 0. The van der Waals surface area contributed by atoms with Crippen LogP contribution in [0.3, 0.4) is 0 Å². The summed E-state index contributed by atoms with van der Waals surface area (Å²) < 4.78 is 0. The van der Waals surface area contributed by atoms with Gasteiger partial charge >= 0.3 is 0 Å². The van der Waals surface area contributed by atoms with Crippen molar-refractivity contribution in [3.05, 3.63) is 53.9 Å². The third-order valence-corrected chi connectivity index (χ3v) is 3.24. The summed E-state index contributed by atoms with van der Waals surface area (Å²) in [4.78, 5) is 5.54. The van der Waals surface area contributed by atoms with E-state index in [2.05, 4.69) is 36.2 Å². The minimum atomic E-state index is 0.773. The van der Waals surface area contributed by atoms with Crippen molar-refractivity contribution >= 4 is 17.4 Å². The van der Waals surface area contributed by atoms with Crippen LogP contribution in [-0.2, 0) is 5.75 Å². The first kappa shape index (κ1) is 11.0. The number of nitrogens with zero attached hydrogens (tertiary/aromatic N) is 1. The van der Waals surface area contributed by atoms with E-state index in [0.29, 0.717) is 0 Å². The molecule has 2 aromatic rings. The SMILES string of the molecule is Cc1cccc(SCc2cc(N)ccn2)c1. The van der Waals surface area contributed by atoms with Crippen LogP contribution in [0.15, 0.2) is 47.5 Å². The Morgan fingerprint density at radius 2 is 2.12 bits per heavy atom. The van der Waals surface area contributed by atoms with E-state index in [9.17, 15) is 0 Å². The van der Waals surface area contributed by atoms with Crippen LogP contribution in [-0.4, -0.2) is 4.98 Å². The average Bonchev–Trinajstić information content (AvgIpc) is 2.27. The van der Waals surface area contributed by atoms with Gasteiger partial charge in [0.2, 0.25) is 0 Å². The molecule has 1 aromatic carbocycles. The van der Waals surface area contributed by atoms with Gasteiger partial charge in [0, 0.05) is 22.5 Å². The van der Waals surface area contributed by atoms with E-state index in [-0.39, 0.29) is 0 Å². The van der Waals surface area contributed by atoms with E-state index in [1.54, 1.807) is 24.0 Å². The molecular weight excluding hydrogens is 216 g/mol. The second kappa shape index (κ2) is 5.03. The zero-order chi connectivity index (χ0) is 11.4. The molecule has 0 radical (unpaired) electrons. The molecule has 2 N–H and O–H groups in total. The molecule has 16 heavy (non-hydrogen) atoms. The van der Waals surface area contributed by atoms with E-state index >= 15 is 0 Å². The molecule has 3 heteroatoms. The molecular formula is C13H14N2S. The maximum atomic E-state index is 5.70. The van der Waals surface area contributed by atoms with E-state index in [1.165, 1.54) is 10.5 Å². The van der Waals surface area contributed by atoms with E-state index < -0.39 is 0 Å². The van der Waals surface area contributed by atoms with Gasteiger partial charge in [-0.2, -0.15) is 0 Å². The Hall–Kier alpha value is -1.48. The fourth-order valence-electron chi connectivity index (χ4n) is 1.44. The van der Waals surface area contributed by atoms with Crippen molar-refractivity contribution < 1.29 is 0 Å². The quantitative estimate of drug-likeness (QED) is 0.822. The van der Waals surface area contributed by atoms with Gasteiger partial charge in [-0.15, -0.1) is 11.8 Å².